The summed E-state index contributed by atoms with van der Waals surface area (Å²) in [6, 6.07) is 8.11. The predicted molar refractivity (Wildman–Crippen MR) is 106 cm³/mol. The van der Waals surface area contributed by atoms with Gasteiger partial charge in [-0.25, -0.2) is 0 Å². The van der Waals surface area contributed by atoms with Gasteiger partial charge in [0.2, 0.25) is 11.8 Å². The van der Waals surface area contributed by atoms with Crippen LogP contribution in [0.15, 0.2) is 35.4 Å². The van der Waals surface area contributed by atoms with E-state index in [1.807, 2.05) is 52.6 Å². The molecule has 2 heterocycles. The molecule has 1 fully saturated rings. The molecule has 0 bridgehead atoms. The third-order valence-electron chi connectivity index (χ3n) is 4.98. The van der Waals surface area contributed by atoms with Crippen molar-refractivity contribution < 1.29 is 9.59 Å². The summed E-state index contributed by atoms with van der Waals surface area (Å²) >= 11 is 1.56. The Bertz CT molecular complexity index is 776. The summed E-state index contributed by atoms with van der Waals surface area (Å²) in [5.74, 6) is 0.763. The molecule has 1 aliphatic heterocycles. The molecule has 6 heteroatoms. The number of nitrogens with zero attached hydrogens (tertiary/aromatic N) is 3. The number of amides is 2. The van der Waals surface area contributed by atoms with Crippen molar-refractivity contribution in [3.05, 3.63) is 30.5 Å². The number of thioether (sulfide) groups is 1. The number of hydrogen-bond acceptors (Lipinski definition) is 3. The largest absolute Gasteiger partial charge is 0.343 e. The highest BCUT2D eigenvalue weighted by Gasteiger charge is 2.20. The van der Waals surface area contributed by atoms with Crippen molar-refractivity contribution >= 4 is 34.5 Å². The number of likely N-dealkylation sites (tertiary alicyclic amines) is 1. The minimum atomic E-state index is 0.157. The maximum Gasteiger partial charge on any atom is 0.242 e. The summed E-state index contributed by atoms with van der Waals surface area (Å²) < 4.78 is 2.03. The first kappa shape index (κ1) is 18.8. The van der Waals surface area contributed by atoms with Crippen LogP contribution >= 0.6 is 11.8 Å². The average molecular weight is 374 g/mol. The molecule has 2 aromatic rings. The number of carbonyl (C=O) groups is 2. The SMILES string of the molecule is CCN(CC)C(=O)CSc1cn(CC(=O)N2CCCC2)c2ccccc12. The van der Waals surface area contributed by atoms with E-state index in [1.165, 1.54) is 0 Å². The number of benzene rings is 1. The Balaban J connectivity index is 1.76. The molecule has 0 unspecified atom stereocenters. The van der Waals surface area contributed by atoms with E-state index in [9.17, 15) is 9.59 Å². The number of carbonyl (C=O) groups excluding carboxylic acids is 2. The van der Waals surface area contributed by atoms with E-state index in [4.69, 9.17) is 0 Å². The molecule has 0 N–H and O–H groups in total. The molecular weight excluding hydrogens is 346 g/mol. The Kier molecular flexibility index (Phi) is 6.25. The molecule has 0 saturated carbocycles. The van der Waals surface area contributed by atoms with Crippen LogP contribution in [0.1, 0.15) is 26.7 Å². The van der Waals surface area contributed by atoms with Gasteiger partial charge in [-0.3, -0.25) is 9.59 Å². The number of aromatic nitrogens is 1. The van der Waals surface area contributed by atoms with E-state index in [1.54, 1.807) is 11.8 Å². The van der Waals surface area contributed by atoms with Crippen LogP contribution in [-0.4, -0.2) is 58.1 Å². The first-order valence-corrected chi connectivity index (χ1v) is 10.4. The van der Waals surface area contributed by atoms with Crippen molar-refractivity contribution in [2.45, 2.75) is 38.1 Å². The summed E-state index contributed by atoms with van der Waals surface area (Å²) in [6.07, 6.45) is 4.23. The van der Waals surface area contributed by atoms with Crippen LogP contribution in [0.5, 0.6) is 0 Å². The van der Waals surface area contributed by atoms with E-state index in [0.29, 0.717) is 12.3 Å². The Morgan fingerprint density at radius 2 is 1.81 bits per heavy atom. The van der Waals surface area contributed by atoms with Crippen molar-refractivity contribution in [1.82, 2.24) is 14.4 Å². The first-order chi connectivity index (χ1) is 12.6. The van der Waals surface area contributed by atoms with Crippen LogP contribution in [0, 0.1) is 0 Å². The van der Waals surface area contributed by atoms with Crippen molar-refractivity contribution in [2.75, 3.05) is 31.9 Å². The Morgan fingerprint density at radius 1 is 1.12 bits per heavy atom. The van der Waals surface area contributed by atoms with Crippen molar-refractivity contribution in [1.29, 1.82) is 0 Å². The van der Waals surface area contributed by atoms with Crippen LogP contribution in [0.2, 0.25) is 0 Å². The monoisotopic (exact) mass is 373 g/mol. The van der Waals surface area contributed by atoms with Crippen LogP contribution in [0.25, 0.3) is 10.9 Å². The Labute approximate surface area is 159 Å². The lowest BCUT2D eigenvalue weighted by Gasteiger charge is -2.18. The van der Waals surface area contributed by atoms with Crippen LogP contribution in [0.3, 0.4) is 0 Å². The number of fused-ring (bicyclic) bond motifs is 1. The highest BCUT2D eigenvalue weighted by Crippen LogP contribution is 2.30. The van der Waals surface area contributed by atoms with Crippen LogP contribution in [0.4, 0.5) is 0 Å². The van der Waals surface area contributed by atoms with Crippen molar-refractivity contribution in [2.24, 2.45) is 0 Å². The quantitative estimate of drug-likeness (QED) is 0.700. The van der Waals surface area contributed by atoms with Gasteiger partial charge in [-0.1, -0.05) is 18.2 Å². The maximum atomic E-state index is 12.5. The topological polar surface area (TPSA) is 45.6 Å². The predicted octanol–water partition coefficient (Wildman–Crippen LogP) is 3.22. The normalized spacial score (nSPS) is 14.2. The lowest BCUT2D eigenvalue weighted by atomic mass is 10.2. The van der Waals surface area contributed by atoms with Crippen molar-refractivity contribution in [3.8, 4) is 0 Å². The Morgan fingerprint density at radius 3 is 2.50 bits per heavy atom. The number of hydrogen-bond donors (Lipinski definition) is 0. The molecule has 2 amide bonds. The van der Waals surface area contributed by atoms with Gasteiger partial charge in [0.15, 0.2) is 0 Å². The molecule has 1 aromatic carbocycles. The van der Waals surface area contributed by atoms with E-state index >= 15 is 0 Å². The first-order valence-electron chi connectivity index (χ1n) is 9.40. The molecule has 0 radical (unpaired) electrons. The van der Waals surface area contributed by atoms with Gasteiger partial charge < -0.3 is 14.4 Å². The van der Waals surface area contributed by atoms with Crippen LogP contribution in [-0.2, 0) is 16.1 Å². The summed E-state index contributed by atoms with van der Waals surface area (Å²) in [7, 11) is 0. The molecule has 0 aliphatic carbocycles. The molecule has 0 spiro atoms. The highest BCUT2D eigenvalue weighted by molar-refractivity contribution is 8.00. The third kappa shape index (κ3) is 4.06. The second kappa shape index (κ2) is 8.62. The fourth-order valence-electron chi connectivity index (χ4n) is 3.48. The lowest BCUT2D eigenvalue weighted by molar-refractivity contribution is -0.130. The highest BCUT2D eigenvalue weighted by atomic mass is 32.2. The van der Waals surface area contributed by atoms with Gasteiger partial charge in [0.05, 0.1) is 5.75 Å². The van der Waals surface area contributed by atoms with Gasteiger partial charge in [0.1, 0.15) is 6.54 Å². The molecule has 0 atom stereocenters. The van der Waals surface area contributed by atoms with E-state index in [-0.39, 0.29) is 11.8 Å². The summed E-state index contributed by atoms with van der Waals surface area (Å²) in [5.41, 5.74) is 1.05. The van der Waals surface area contributed by atoms with Gasteiger partial charge in [-0.2, -0.15) is 0 Å². The molecule has 3 rings (SSSR count). The maximum absolute atomic E-state index is 12.5. The molecule has 26 heavy (non-hydrogen) atoms. The molecule has 1 saturated heterocycles. The number of para-hydroxylation sites is 1. The third-order valence-corrected chi connectivity index (χ3v) is 6.01. The number of rotatable bonds is 7. The van der Waals surface area contributed by atoms with Gasteiger partial charge in [0, 0.05) is 48.2 Å². The van der Waals surface area contributed by atoms with E-state index < -0.39 is 0 Å². The van der Waals surface area contributed by atoms with Gasteiger partial charge in [0.25, 0.3) is 0 Å². The smallest absolute Gasteiger partial charge is 0.242 e. The van der Waals surface area contributed by atoms with Gasteiger partial charge in [-0.15, -0.1) is 11.8 Å². The molecule has 5 nitrogen and oxygen atoms in total. The zero-order chi connectivity index (χ0) is 18.5. The molecule has 140 valence electrons. The Hall–Kier alpha value is -1.95. The zero-order valence-electron chi connectivity index (χ0n) is 15.6. The second-order valence-corrected chi connectivity index (χ2v) is 7.60. The van der Waals surface area contributed by atoms with E-state index in [2.05, 4.69) is 6.07 Å². The minimum Gasteiger partial charge on any atom is -0.343 e. The molecule has 1 aliphatic rings. The summed E-state index contributed by atoms with van der Waals surface area (Å²) in [4.78, 5) is 29.7. The standard InChI is InChI=1S/C20H27N3O2S/c1-3-21(4-2)20(25)15-26-18-13-23(17-10-6-5-9-16(17)18)14-19(24)22-11-7-8-12-22/h5-6,9-10,13H,3-4,7-8,11-12,14-15H2,1-2H3. The minimum absolute atomic E-state index is 0.157. The molecule has 1 aromatic heterocycles. The summed E-state index contributed by atoms with van der Waals surface area (Å²) in [5, 5.41) is 1.11. The van der Waals surface area contributed by atoms with Gasteiger partial charge in [-0.05, 0) is 32.8 Å². The summed E-state index contributed by atoms with van der Waals surface area (Å²) in [6.45, 7) is 7.59. The fraction of sp³-hybridized carbons (Fsp3) is 0.500. The average Bonchev–Trinajstić information content (AvgIpc) is 3.30. The zero-order valence-corrected chi connectivity index (χ0v) is 16.4. The van der Waals surface area contributed by atoms with Crippen LogP contribution < -0.4 is 0 Å². The molecular formula is C20H27N3O2S. The van der Waals surface area contributed by atoms with Gasteiger partial charge >= 0.3 is 0 Å². The lowest BCUT2D eigenvalue weighted by Crippen LogP contribution is -2.31. The van der Waals surface area contributed by atoms with Crippen molar-refractivity contribution in [3.63, 3.8) is 0 Å². The van der Waals surface area contributed by atoms with E-state index in [0.717, 1.165) is 54.8 Å². The second-order valence-electron chi connectivity index (χ2n) is 6.58. The fourth-order valence-corrected chi connectivity index (χ4v) is 4.47.